The van der Waals surface area contributed by atoms with Gasteiger partial charge in [0.25, 0.3) is 0 Å². The van der Waals surface area contributed by atoms with E-state index in [1.807, 2.05) is 23.5 Å². The molecule has 0 aliphatic heterocycles. The van der Waals surface area contributed by atoms with Gasteiger partial charge in [0, 0.05) is 70.3 Å². The molecular weight excluding hydrogens is 725 g/mol. The largest absolute Gasteiger partial charge is 0.355 e. The lowest BCUT2D eigenvalue weighted by atomic mass is 9.89. The Balaban J connectivity index is 1.21. The summed E-state index contributed by atoms with van der Waals surface area (Å²) in [5.74, 6) is 1.18. The molecule has 11 rings (SSSR count). The van der Waals surface area contributed by atoms with Gasteiger partial charge in [-0.05, 0) is 72.5 Å². The van der Waals surface area contributed by atoms with Crippen molar-refractivity contribution < 1.29 is 0 Å². The molecule has 0 radical (unpaired) electrons. The second-order valence-electron chi connectivity index (χ2n) is 15.2. The Morgan fingerprint density at radius 2 is 1.28 bits per heavy atom. The fraction of sp³-hybridized carbons (Fsp3) is 0.0566. The Bertz CT molecular complexity index is 3170. The van der Waals surface area contributed by atoms with Crippen LogP contribution in [0.5, 0.6) is 0 Å². The van der Waals surface area contributed by atoms with Crippen molar-refractivity contribution in [3.8, 4) is 39.6 Å². The molecule has 0 spiro atoms. The summed E-state index contributed by atoms with van der Waals surface area (Å²) in [6, 6.07) is 60.5. The van der Waals surface area contributed by atoms with Crippen molar-refractivity contribution >= 4 is 70.3 Å². The minimum Gasteiger partial charge on any atom is -0.355 e. The Kier molecular flexibility index (Phi) is 8.34. The van der Waals surface area contributed by atoms with E-state index in [4.69, 9.17) is 9.97 Å². The van der Waals surface area contributed by atoms with E-state index in [2.05, 4.69) is 193 Å². The van der Waals surface area contributed by atoms with Crippen molar-refractivity contribution in [1.82, 2.24) is 14.5 Å². The molecule has 0 fully saturated rings. The third-order valence-electron chi connectivity index (χ3n) is 11.3. The number of hydrogen-bond acceptors (Lipinski definition) is 4. The summed E-state index contributed by atoms with van der Waals surface area (Å²) in [6.07, 6.45) is 7.78. The number of para-hydroxylation sites is 2. The monoisotopic (exact) mass is 762 g/mol. The van der Waals surface area contributed by atoms with Gasteiger partial charge in [0.15, 0.2) is 5.82 Å². The van der Waals surface area contributed by atoms with Crippen molar-refractivity contribution in [1.29, 1.82) is 0 Å². The molecule has 0 amide bonds. The van der Waals surface area contributed by atoms with Crippen LogP contribution in [0.15, 0.2) is 188 Å². The zero-order chi connectivity index (χ0) is 38.6. The normalized spacial score (nSPS) is 14.1. The van der Waals surface area contributed by atoms with E-state index in [1.165, 1.54) is 42.1 Å². The number of thiophene rings is 1. The third kappa shape index (κ3) is 5.99. The van der Waals surface area contributed by atoms with Crippen LogP contribution < -0.4 is 5.32 Å². The summed E-state index contributed by atoms with van der Waals surface area (Å²) in [7, 11) is 0. The number of hydrogen-bond donors (Lipinski definition) is 1. The molecule has 276 valence electrons. The molecule has 1 N–H and O–H groups in total. The van der Waals surface area contributed by atoms with Crippen LogP contribution in [0, 0.1) is 5.92 Å². The minimum atomic E-state index is 0.471. The second-order valence-corrected chi connectivity index (χ2v) is 16.2. The highest BCUT2D eigenvalue weighted by Gasteiger charge is 2.22. The lowest BCUT2D eigenvalue weighted by Crippen LogP contribution is -2.02. The zero-order valence-electron chi connectivity index (χ0n) is 31.9. The van der Waals surface area contributed by atoms with Crippen LogP contribution in [-0.2, 0) is 0 Å². The highest BCUT2D eigenvalue weighted by Crippen LogP contribution is 2.45. The molecular formula is C53H38N4S. The van der Waals surface area contributed by atoms with Gasteiger partial charge in [-0.2, -0.15) is 0 Å². The molecule has 5 heteroatoms. The second kappa shape index (κ2) is 14.1. The molecule has 1 aliphatic rings. The zero-order valence-corrected chi connectivity index (χ0v) is 32.7. The molecule has 4 nitrogen and oxygen atoms in total. The van der Waals surface area contributed by atoms with Gasteiger partial charge in [0.05, 0.1) is 22.4 Å². The Morgan fingerprint density at radius 3 is 2.07 bits per heavy atom. The molecule has 7 aromatic carbocycles. The number of nitrogens with one attached hydrogen (secondary N) is 1. The third-order valence-corrected chi connectivity index (χ3v) is 12.5. The van der Waals surface area contributed by atoms with E-state index in [0.29, 0.717) is 11.7 Å². The maximum atomic E-state index is 5.36. The highest BCUT2D eigenvalue weighted by atomic mass is 32.1. The van der Waals surface area contributed by atoms with Gasteiger partial charge in [0.1, 0.15) is 0 Å². The summed E-state index contributed by atoms with van der Waals surface area (Å²) < 4.78 is 4.92. The van der Waals surface area contributed by atoms with Gasteiger partial charge in [-0.25, -0.2) is 9.97 Å². The van der Waals surface area contributed by atoms with Gasteiger partial charge >= 0.3 is 0 Å². The van der Waals surface area contributed by atoms with Crippen molar-refractivity contribution in [2.24, 2.45) is 5.92 Å². The standard InChI is InChI=1S/C53H38N4S/c1-34-16-15-21-37(28-34)42-31-43-40-24-11-13-26-49(40)57(50(43)33-48(42)54-38-22-9-4-10-23-38)39-29-44-41-25-12-14-27-51(41)58-52(44)45(30-39)47-32-46(35-17-5-2-6-18-35)55-53(56-47)36-19-7-3-8-20-36/h2-27,29-34,54H,28H2,1H3. The Morgan fingerprint density at radius 1 is 0.586 bits per heavy atom. The van der Waals surface area contributed by atoms with E-state index in [0.717, 1.165) is 62.6 Å². The molecule has 0 saturated carbocycles. The molecule has 10 aromatic rings. The van der Waals surface area contributed by atoms with Crippen molar-refractivity contribution in [3.63, 3.8) is 0 Å². The van der Waals surface area contributed by atoms with Crippen LogP contribution in [0.1, 0.15) is 18.9 Å². The molecule has 3 aromatic heterocycles. The molecule has 1 aliphatic carbocycles. The average molecular weight is 763 g/mol. The Labute approximate surface area is 341 Å². The number of rotatable bonds is 7. The SMILES string of the molecule is CC1C=CC=C(c2cc3c4ccccc4n(-c4cc(-c5cc(-c6ccccc6)nc(-c6ccccc6)n5)c5sc6ccccc6c5c4)c3cc2Nc2ccccc2)C1. The van der Waals surface area contributed by atoms with E-state index >= 15 is 0 Å². The van der Waals surface area contributed by atoms with Crippen LogP contribution in [0.2, 0.25) is 0 Å². The van der Waals surface area contributed by atoms with E-state index in [-0.39, 0.29) is 0 Å². The van der Waals surface area contributed by atoms with Crippen LogP contribution >= 0.6 is 11.3 Å². The summed E-state index contributed by atoms with van der Waals surface area (Å²) in [6.45, 7) is 2.29. The smallest absolute Gasteiger partial charge is 0.160 e. The number of fused-ring (bicyclic) bond motifs is 6. The number of allylic oxidation sites excluding steroid dienone is 4. The molecule has 0 saturated heterocycles. The van der Waals surface area contributed by atoms with Crippen molar-refractivity contribution in [2.75, 3.05) is 5.32 Å². The maximum absolute atomic E-state index is 5.36. The average Bonchev–Trinajstić information content (AvgIpc) is 3.82. The van der Waals surface area contributed by atoms with Gasteiger partial charge in [-0.15, -0.1) is 11.3 Å². The number of nitrogens with zero attached hydrogens (tertiary/aromatic N) is 3. The quantitative estimate of drug-likeness (QED) is 0.176. The molecule has 58 heavy (non-hydrogen) atoms. The molecule has 3 heterocycles. The first-order valence-electron chi connectivity index (χ1n) is 19.9. The highest BCUT2D eigenvalue weighted by molar-refractivity contribution is 7.26. The molecule has 1 atom stereocenters. The minimum absolute atomic E-state index is 0.471. The predicted molar refractivity (Wildman–Crippen MR) is 246 cm³/mol. The number of benzene rings is 7. The van der Waals surface area contributed by atoms with E-state index < -0.39 is 0 Å². The fourth-order valence-electron chi connectivity index (χ4n) is 8.57. The van der Waals surface area contributed by atoms with Crippen molar-refractivity contribution in [2.45, 2.75) is 13.3 Å². The summed E-state index contributed by atoms with van der Waals surface area (Å²) in [5, 5.41) is 8.74. The van der Waals surface area contributed by atoms with Crippen LogP contribution in [-0.4, -0.2) is 14.5 Å². The first-order valence-corrected chi connectivity index (χ1v) is 20.7. The van der Waals surface area contributed by atoms with E-state index in [9.17, 15) is 0 Å². The van der Waals surface area contributed by atoms with Crippen LogP contribution in [0.25, 0.3) is 87.1 Å². The molecule has 1 unspecified atom stereocenters. The first kappa shape index (κ1) is 34.2. The lowest BCUT2D eigenvalue weighted by Gasteiger charge is -2.20. The first-order chi connectivity index (χ1) is 28.6. The predicted octanol–water partition coefficient (Wildman–Crippen LogP) is 14.7. The van der Waals surface area contributed by atoms with Gasteiger partial charge in [0.2, 0.25) is 0 Å². The number of aromatic nitrogens is 3. The van der Waals surface area contributed by atoms with Gasteiger partial charge < -0.3 is 9.88 Å². The topological polar surface area (TPSA) is 42.7 Å². The maximum Gasteiger partial charge on any atom is 0.160 e. The van der Waals surface area contributed by atoms with E-state index in [1.54, 1.807) is 0 Å². The fourth-order valence-corrected chi connectivity index (χ4v) is 9.78. The van der Waals surface area contributed by atoms with Crippen LogP contribution in [0.4, 0.5) is 11.4 Å². The Hall–Kier alpha value is -7.08. The summed E-state index contributed by atoms with van der Waals surface area (Å²) >= 11 is 1.83. The summed E-state index contributed by atoms with van der Waals surface area (Å²) in [4.78, 5) is 10.5. The number of anilines is 2. The lowest BCUT2D eigenvalue weighted by molar-refractivity contribution is 0.749. The molecule has 0 bridgehead atoms. The van der Waals surface area contributed by atoms with Crippen molar-refractivity contribution in [3.05, 3.63) is 194 Å². The van der Waals surface area contributed by atoms with Gasteiger partial charge in [-0.3, -0.25) is 0 Å². The van der Waals surface area contributed by atoms with Crippen LogP contribution in [0.3, 0.4) is 0 Å². The summed E-state index contributed by atoms with van der Waals surface area (Å²) in [5.41, 5.74) is 13.0. The van der Waals surface area contributed by atoms with Gasteiger partial charge in [-0.1, -0.05) is 140 Å².